The van der Waals surface area contributed by atoms with Gasteiger partial charge in [0.15, 0.2) is 0 Å². The molecule has 4 nitrogen and oxygen atoms in total. The van der Waals surface area contributed by atoms with Gasteiger partial charge >= 0.3 is 0 Å². The minimum absolute atomic E-state index is 0.0388. The third-order valence-electron chi connectivity index (χ3n) is 2.80. The van der Waals surface area contributed by atoms with Crippen LogP contribution in [0.25, 0.3) is 0 Å². The summed E-state index contributed by atoms with van der Waals surface area (Å²) in [6, 6.07) is 7.13. The molecule has 0 aromatic heterocycles. The summed E-state index contributed by atoms with van der Waals surface area (Å²) >= 11 is 0. The Hall–Kier alpha value is -1.55. The highest BCUT2D eigenvalue weighted by atomic mass is 16.3. The van der Waals surface area contributed by atoms with E-state index in [9.17, 15) is 4.79 Å². The first-order chi connectivity index (χ1) is 8.40. The average molecular weight is 250 g/mol. The molecule has 0 unspecified atom stereocenters. The van der Waals surface area contributed by atoms with Gasteiger partial charge in [0, 0.05) is 17.8 Å². The highest BCUT2D eigenvalue weighted by molar-refractivity contribution is 5.92. The molecule has 4 heteroatoms. The molecular formula is C14H22N2O2. The molecule has 0 radical (unpaired) electrons. The van der Waals surface area contributed by atoms with Crippen molar-refractivity contribution in [2.75, 3.05) is 11.9 Å². The quantitative estimate of drug-likeness (QED) is 0.789. The van der Waals surface area contributed by atoms with Crippen LogP contribution in [-0.2, 0) is 4.79 Å². The van der Waals surface area contributed by atoms with E-state index in [0.717, 1.165) is 0 Å². The number of rotatable bonds is 5. The van der Waals surface area contributed by atoms with E-state index in [2.05, 4.69) is 37.9 Å². The molecule has 0 aliphatic carbocycles. The van der Waals surface area contributed by atoms with Crippen molar-refractivity contribution in [1.82, 2.24) is 4.90 Å². The number of carbonyl (C=O) groups excluding carboxylic acids is 1. The van der Waals surface area contributed by atoms with Gasteiger partial charge in [-0.1, -0.05) is 0 Å². The maximum atomic E-state index is 11.9. The highest BCUT2D eigenvalue weighted by Crippen LogP contribution is 2.14. The van der Waals surface area contributed by atoms with Crippen LogP contribution in [0.5, 0.6) is 5.75 Å². The van der Waals surface area contributed by atoms with Crippen LogP contribution in [0.4, 0.5) is 5.69 Å². The lowest BCUT2D eigenvalue weighted by molar-refractivity contribution is -0.118. The van der Waals surface area contributed by atoms with Gasteiger partial charge in [-0.15, -0.1) is 0 Å². The molecule has 0 heterocycles. The van der Waals surface area contributed by atoms with Gasteiger partial charge in [0.05, 0.1) is 6.54 Å². The SMILES string of the molecule is CC(C)N(CC(=O)Nc1ccc(O)cc1)C(C)C. The summed E-state index contributed by atoms with van der Waals surface area (Å²) in [6.07, 6.45) is 0. The second-order valence-corrected chi connectivity index (χ2v) is 4.95. The molecule has 0 spiro atoms. The number of anilines is 1. The zero-order valence-electron chi connectivity index (χ0n) is 11.5. The Kier molecular flexibility index (Phi) is 5.16. The van der Waals surface area contributed by atoms with Crippen LogP contribution in [0.1, 0.15) is 27.7 Å². The van der Waals surface area contributed by atoms with Crippen molar-refractivity contribution in [1.29, 1.82) is 0 Å². The van der Waals surface area contributed by atoms with E-state index in [1.165, 1.54) is 0 Å². The van der Waals surface area contributed by atoms with Gasteiger partial charge in [-0.25, -0.2) is 0 Å². The number of aromatic hydroxyl groups is 1. The number of amides is 1. The Labute approximate surface area is 109 Å². The topological polar surface area (TPSA) is 52.6 Å². The smallest absolute Gasteiger partial charge is 0.238 e. The third kappa shape index (κ3) is 4.37. The second kappa shape index (κ2) is 6.40. The maximum absolute atomic E-state index is 11.9. The van der Waals surface area contributed by atoms with Crippen LogP contribution in [0, 0.1) is 0 Å². The van der Waals surface area contributed by atoms with Crippen molar-refractivity contribution in [2.45, 2.75) is 39.8 Å². The van der Waals surface area contributed by atoms with E-state index in [-0.39, 0.29) is 11.7 Å². The summed E-state index contributed by atoms with van der Waals surface area (Å²) in [6.45, 7) is 8.68. The predicted octanol–water partition coefficient (Wildman–Crippen LogP) is 2.45. The van der Waals surface area contributed by atoms with Gasteiger partial charge < -0.3 is 10.4 Å². The van der Waals surface area contributed by atoms with Crippen LogP contribution < -0.4 is 5.32 Å². The molecular weight excluding hydrogens is 228 g/mol. The first kappa shape index (κ1) is 14.5. The summed E-state index contributed by atoms with van der Waals surface area (Å²) < 4.78 is 0. The molecule has 0 aliphatic heterocycles. The first-order valence-electron chi connectivity index (χ1n) is 6.24. The summed E-state index contributed by atoms with van der Waals surface area (Å²) in [5, 5.41) is 12.0. The van der Waals surface area contributed by atoms with E-state index in [4.69, 9.17) is 5.11 Å². The van der Waals surface area contributed by atoms with Gasteiger partial charge in [0.1, 0.15) is 5.75 Å². The first-order valence-corrected chi connectivity index (χ1v) is 6.24. The lowest BCUT2D eigenvalue weighted by atomic mass is 10.2. The lowest BCUT2D eigenvalue weighted by Gasteiger charge is -2.29. The number of nitrogens with one attached hydrogen (secondary N) is 1. The zero-order chi connectivity index (χ0) is 13.7. The summed E-state index contributed by atoms with van der Waals surface area (Å²) in [5.41, 5.74) is 0.699. The zero-order valence-corrected chi connectivity index (χ0v) is 11.5. The molecule has 1 amide bonds. The molecule has 0 aliphatic rings. The lowest BCUT2D eigenvalue weighted by Crippen LogP contribution is -2.42. The predicted molar refractivity (Wildman–Crippen MR) is 73.7 cm³/mol. The fraction of sp³-hybridized carbons (Fsp3) is 0.500. The number of carbonyl (C=O) groups is 1. The molecule has 0 saturated heterocycles. The van der Waals surface area contributed by atoms with Gasteiger partial charge in [-0.3, -0.25) is 9.69 Å². The van der Waals surface area contributed by atoms with Crippen LogP contribution in [-0.4, -0.2) is 34.5 Å². The molecule has 0 fully saturated rings. The molecule has 1 rings (SSSR count). The van der Waals surface area contributed by atoms with Gasteiger partial charge in [-0.05, 0) is 52.0 Å². The third-order valence-corrected chi connectivity index (χ3v) is 2.80. The van der Waals surface area contributed by atoms with Crippen LogP contribution in [0.3, 0.4) is 0 Å². The Balaban J connectivity index is 2.58. The Morgan fingerprint density at radius 2 is 1.67 bits per heavy atom. The average Bonchev–Trinajstić information content (AvgIpc) is 2.28. The summed E-state index contributed by atoms with van der Waals surface area (Å²) in [7, 11) is 0. The second-order valence-electron chi connectivity index (χ2n) is 4.95. The fourth-order valence-corrected chi connectivity index (χ4v) is 1.87. The van der Waals surface area contributed by atoms with Crippen molar-refractivity contribution < 1.29 is 9.90 Å². The van der Waals surface area contributed by atoms with Gasteiger partial charge in [0.2, 0.25) is 5.91 Å². The molecule has 0 saturated carbocycles. The van der Waals surface area contributed by atoms with Crippen LogP contribution in [0.2, 0.25) is 0 Å². The fourth-order valence-electron chi connectivity index (χ4n) is 1.87. The minimum Gasteiger partial charge on any atom is -0.508 e. The summed E-state index contributed by atoms with van der Waals surface area (Å²) in [4.78, 5) is 14.0. The van der Waals surface area contributed by atoms with Gasteiger partial charge in [-0.2, -0.15) is 0 Å². The summed E-state index contributed by atoms with van der Waals surface area (Å²) in [5.74, 6) is 0.155. The number of phenolic OH excluding ortho intramolecular Hbond substituents is 1. The highest BCUT2D eigenvalue weighted by Gasteiger charge is 2.16. The normalized spacial score (nSPS) is 11.3. The van der Waals surface area contributed by atoms with Crippen LogP contribution in [0.15, 0.2) is 24.3 Å². The molecule has 18 heavy (non-hydrogen) atoms. The van der Waals surface area contributed by atoms with Crippen molar-refractivity contribution >= 4 is 11.6 Å². The standard InChI is InChI=1S/C14H22N2O2/c1-10(2)16(11(3)4)9-14(18)15-12-5-7-13(17)8-6-12/h5-8,10-11,17H,9H2,1-4H3,(H,15,18). The van der Waals surface area contributed by atoms with Crippen molar-refractivity contribution in [3.05, 3.63) is 24.3 Å². The van der Waals surface area contributed by atoms with E-state index >= 15 is 0 Å². The van der Waals surface area contributed by atoms with Crippen molar-refractivity contribution in [2.24, 2.45) is 0 Å². The molecule has 1 aromatic rings. The molecule has 0 bridgehead atoms. The number of hydrogen-bond donors (Lipinski definition) is 2. The maximum Gasteiger partial charge on any atom is 0.238 e. The van der Waals surface area contributed by atoms with E-state index in [1.54, 1.807) is 24.3 Å². The number of phenols is 1. The number of hydrogen-bond acceptors (Lipinski definition) is 3. The molecule has 1 aromatic carbocycles. The van der Waals surface area contributed by atoms with Crippen molar-refractivity contribution in [3.63, 3.8) is 0 Å². The number of nitrogens with zero attached hydrogens (tertiary/aromatic N) is 1. The Bertz CT molecular complexity index is 377. The molecule has 100 valence electrons. The number of benzene rings is 1. The van der Waals surface area contributed by atoms with E-state index in [1.807, 2.05) is 0 Å². The van der Waals surface area contributed by atoms with E-state index in [0.29, 0.717) is 24.3 Å². The largest absolute Gasteiger partial charge is 0.508 e. The van der Waals surface area contributed by atoms with Gasteiger partial charge in [0.25, 0.3) is 0 Å². The monoisotopic (exact) mass is 250 g/mol. The Morgan fingerprint density at radius 1 is 1.17 bits per heavy atom. The van der Waals surface area contributed by atoms with Crippen LogP contribution >= 0.6 is 0 Å². The minimum atomic E-state index is -0.0388. The van der Waals surface area contributed by atoms with E-state index < -0.39 is 0 Å². The Morgan fingerprint density at radius 3 is 2.11 bits per heavy atom. The molecule has 2 N–H and O–H groups in total. The van der Waals surface area contributed by atoms with Crippen molar-refractivity contribution in [3.8, 4) is 5.75 Å². The molecule has 0 atom stereocenters.